The molecule has 4 aromatic heterocycles. The zero-order valence-corrected chi connectivity index (χ0v) is 21.9. The van der Waals surface area contributed by atoms with Crippen LogP contribution >= 0.6 is 0 Å². The molecule has 194 valence electrons. The Hall–Kier alpha value is -4.34. The number of hydrogen-bond donors (Lipinski definition) is 2. The highest BCUT2D eigenvalue weighted by molar-refractivity contribution is 5.92. The van der Waals surface area contributed by atoms with Crippen molar-refractivity contribution in [2.75, 3.05) is 0 Å². The highest BCUT2D eigenvalue weighted by Gasteiger charge is 2.27. The minimum Gasteiger partial charge on any atom is -0.342 e. The zero-order chi connectivity index (χ0) is 26.4. The van der Waals surface area contributed by atoms with Gasteiger partial charge in [-0.1, -0.05) is 50.5 Å². The monoisotopic (exact) mass is 510 g/mol. The van der Waals surface area contributed by atoms with Crippen LogP contribution in [0.5, 0.6) is 0 Å². The summed E-state index contributed by atoms with van der Waals surface area (Å²) in [5.41, 5.74) is 6.61. The number of fused-ring (bicyclic) bond motifs is 2. The molecule has 0 saturated carbocycles. The molecule has 1 amide bonds. The number of pyridine rings is 1. The average molecular weight is 511 g/mol. The Bertz CT molecular complexity index is 1640. The fourth-order valence-corrected chi connectivity index (χ4v) is 4.97. The second-order valence-corrected chi connectivity index (χ2v) is 10.9. The van der Waals surface area contributed by atoms with Crippen LogP contribution in [-0.2, 0) is 18.9 Å². The Labute approximate surface area is 219 Å². The molecule has 0 radical (unpaired) electrons. The average Bonchev–Trinajstić information content (AvgIpc) is 3.62. The molecule has 1 atom stereocenters. The maximum absolute atomic E-state index is 13.0. The van der Waals surface area contributed by atoms with E-state index in [2.05, 4.69) is 53.7 Å². The smallest absolute Gasteiger partial charge is 0.293 e. The third kappa shape index (κ3) is 4.46. The van der Waals surface area contributed by atoms with E-state index in [0.29, 0.717) is 11.5 Å². The molecule has 0 saturated heterocycles. The highest BCUT2D eigenvalue weighted by atomic mass is 16.5. The highest BCUT2D eigenvalue weighted by Crippen LogP contribution is 2.34. The topological polar surface area (TPSA) is 127 Å². The van der Waals surface area contributed by atoms with E-state index in [4.69, 9.17) is 4.52 Å². The summed E-state index contributed by atoms with van der Waals surface area (Å²) in [7, 11) is 1.88. The van der Waals surface area contributed by atoms with Crippen LogP contribution in [-0.4, -0.2) is 40.8 Å². The van der Waals surface area contributed by atoms with Gasteiger partial charge in [-0.3, -0.25) is 9.48 Å². The molecular weight excluding hydrogens is 480 g/mol. The van der Waals surface area contributed by atoms with E-state index in [-0.39, 0.29) is 23.2 Å². The molecule has 6 rings (SSSR count). The molecule has 4 heterocycles. The minimum absolute atomic E-state index is 0.0696. The summed E-state index contributed by atoms with van der Waals surface area (Å²) in [5, 5.41) is 11.3. The fraction of sp³-hybridized carbons (Fsp3) is 0.357. The normalized spacial score (nSPS) is 15.8. The molecule has 5 aromatic rings. The summed E-state index contributed by atoms with van der Waals surface area (Å²) in [4.78, 5) is 29.9. The number of amides is 1. The van der Waals surface area contributed by atoms with Gasteiger partial charge in [0.25, 0.3) is 11.7 Å². The first-order chi connectivity index (χ1) is 18.3. The van der Waals surface area contributed by atoms with Crippen LogP contribution in [0, 0.1) is 0 Å². The summed E-state index contributed by atoms with van der Waals surface area (Å²) in [5.74, 6) is 0.937. The summed E-state index contributed by atoms with van der Waals surface area (Å²) >= 11 is 0. The second kappa shape index (κ2) is 9.20. The van der Waals surface area contributed by atoms with E-state index in [9.17, 15) is 4.79 Å². The lowest BCUT2D eigenvalue weighted by Gasteiger charge is -2.19. The second-order valence-electron chi connectivity index (χ2n) is 10.9. The van der Waals surface area contributed by atoms with Crippen LogP contribution < -0.4 is 5.32 Å². The standard InChI is InChI=1S/C28H30N8O2/c1-28(2,3)27-34-25(35-38-27)26(37)31-21-8-6-5-7-16-13-17(9-10-19(16)21)20-11-12-29-24-22(20)32-23(33-24)18-14-30-36(4)15-18/h9-15,21H,5-8H2,1-4H3,(H,31,37)(H,29,32,33). The minimum atomic E-state index is -0.317. The van der Waals surface area contributed by atoms with Gasteiger partial charge in [0.2, 0.25) is 5.89 Å². The van der Waals surface area contributed by atoms with Crippen LogP contribution in [0.1, 0.15) is 73.7 Å². The number of H-pyrrole nitrogens is 1. The Morgan fingerprint density at radius 2 is 2.03 bits per heavy atom. The van der Waals surface area contributed by atoms with Gasteiger partial charge in [0.1, 0.15) is 5.82 Å². The van der Waals surface area contributed by atoms with Crippen LogP contribution in [0.4, 0.5) is 0 Å². The van der Waals surface area contributed by atoms with Gasteiger partial charge >= 0.3 is 0 Å². The number of rotatable bonds is 4. The van der Waals surface area contributed by atoms with E-state index in [1.54, 1.807) is 17.1 Å². The van der Waals surface area contributed by atoms with Crippen molar-refractivity contribution in [1.82, 2.24) is 40.2 Å². The molecule has 10 nitrogen and oxygen atoms in total. The fourth-order valence-electron chi connectivity index (χ4n) is 4.97. The molecule has 2 N–H and O–H groups in total. The van der Waals surface area contributed by atoms with Crippen molar-refractivity contribution in [1.29, 1.82) is 0 Å². The molecule has 0 spiro atoms. The molecule has 1 aromatic carbocycles. The largest absolute Gasteiger partial charge is 0.342 e. The predicted octanol–water partition coefficient (Wildman–Crippen LogP) is 4.90. The maximum atomic E-state index is 13.0. The van der Waals surface area contributed by atoms with Crippen LogP contribution in [0.25, 0.3) is 33.7 Å². The molecule has 1 aliphatic rings. The van der Waals surface area contributed by atoms with Gasteiger partial charge in [0.05, 0.1) is 23.3 Å². The number of aromatic nitrogens is 7. The van der Waals surface area contributed by atoms with Crippen molar-refractivity contribution in [2.45, 2.75) is 57.9 Å². The number of benzene rings is 1. The Balaban J connectivity index is 1.31. The number of aromatic amines is 1. The van der Waals surface area contributed by atoms with Gasteiger partial charge in [0, 0.05) is 30.4 Å². The lowest BCUT2D eigenvalue weighted by atomic mass is 9.94. The van der Waals surface area contributed by atoms with Crippen LogP contribution in [0.3, 0.4) is 0 Å². The van der Waals surface area contributed by atoms with Gasteiger partial charge < -0.3 is 14.8 Å². The van der Waals surface area contributed by atoms with Gasteiger partial charge in [-0.15, -0.1) is 0 Å². The first kappa shape index (κ1) is 24.0. The van der Waals surface area contributed by atoms with Gasteiger partial charge in [-0.05, 0) is 42.0 Å². The third-order valence-corrected chi connectivity index (χ3v) is 6.96. The number of aryl methyl sites for hydroxylation is 2. The number of nitrogens with one attached hydrogen (secondary N) is 2. The molecular formula is C28H30N8O2. The molecule has 1 aliphatic carbocycles. The zero-order valence-electron chi connectivity index (χ0n) is 21.9. The van der Waals surface area contributed by atoms with Gasteiger partial charge in [0.15, 0.2) is 5.65 Å². The van der Waals surface area contributed by atoms with Crippen molar-refractivity contribution in [2.24, 2.45) is 7.05 Å². The van der Waals surface area contributed by atoms with Crippen molar-refractivity contribution in [3.8, 4) is 22.5 Å². The van der Waals surface area contributed by atoms with E-state index in [1.165, 1.54) is 5.56 Å². The molecule has 1 unspecified atom stereocenters. The summed E-state index contributed by atoms with van der Waals surface area (Å²) < 4.78 is 7.08. The summed E-state index contributed by atoms with van der Waals surface area (Å²) in [6, 6.07) is 8.35. The number of carbonyl (C=O) groups is 1. The molecule has 0 aliphatic heterocycles. The number of nitrogens with zero attached hydrogens (tertiary/aromatic N) is 6. The Kier molecular flexibility index (Phi) is 5.81. The molecule has 0 fully saturated rings. The van der Waals surface area contributed by atoms with Crippen molar-refractivity contribution >= 4 is 17.1 Å². The summed E-state index contributed by atoms with van der Waals surface area (Å²) in [6.45, 7) is 5.92. The van der Waals surface area contributed by atoms with Crippen LogP contribution in [0.2, 0.25) is 0 Å². The SMILES string of the molecule is Cn1cc(-c2nc3nccc(-c4ccc5c(c4)CCCCC5NC(=O)c4noc(C(C)(C)C)n4)c3[nH]2)cn1. The number of carbonyl (C=O) groups excluding carboxylic acids is 1. The van der Waals surface area contributed by atoms with Crippen molar-refractivity contribution in [3.05, 3.63) is 65.7 Å². The Morgan fingerprint density at radius 3 is 2.79 bits per heavy atom. The number of hydrogen-bond acceptors (Lipinski definition) is 7. The van der Waals surface area contributed by atoms with Crippen LogP contribution in [0.15, 0.2) is 47.4 Å². The van der Waals surface area contributed by atoms with E-state index in [0.717, 1.165) is 59.3 Å². The summed E-state index contributed by atoms with van der Waals surface area (Å²) in [6.07, 6.45) is 9.38. The van der Waals surface area contributed by atoms with E-state index < -0.39 is 0 Å². The quantitative estimate of drug-likeness (QED) is 0.329. The predicted molar refractivity (Wildman–Crippen MR) is 142 cm³/mol. The van der Waals surface area contributed by atoms with E-state index >= 15 is 0 Å². The first-order valence-corrected chi connectivity index (χ1v) is 12.9. The van der Waals surface area contributed by atoms with Crippen molar-refractivity contribution in [3.63, 3.8) is 0 Å². The van der Waals surface area contributed by atoms with Gasteiger partial charge in [-0.2, -0.15) is 10.1 Å². The van der Waals surface area contributed by atoms with Gasteiger partial charge in [-0.25, -0.2) is 9.97 Å². The maximum Gasteiger partial charge on any atom is 0.293 e. The van der Waals surface area contributed by atoms with Crippen molar-refractivity contribution < 1.29 is 9.32 Å². The molecule has 10 heteroatoms. The first-order valence-electron chi connectivity index (χ1n) is 12.9. The molecule has 0 bridgehead atoms. The third-order valence-electron chi connectivity index (χ3n) is 6.96. The van der Waals surface area contributed by atoms with E-state index in [1.807, 2.05) is 40.1 Å². The molecule has 38 heavy (non-hydrogen) atoms. The lowest BCUT2D eigenvalue weighted by Crippen LogP contribution is -2.29. The number of imidazole rings is 1. The lowest BCUT2D eigenvalue weighted by molar-refractivity contribution is 0.0921. The Morgan fingerprint density at radius 1 is 1.16 bits per heavy atom.